The van der Waals surface area contributed by atoms with E-state index < -0.39 is 30.1 Å². The van der Waals surface area contributed by atoms with Crippen LogP contribution >= 0.6 is 0 Å². The van der Waals surface area contributed by atoms with Crippen molar-refractivity contribution in [2.75, 3.05) is 38.1 Å². The first-order valence-corrected chi connectivity index (χ1v) is 14.4. The van der Waals surface area contributed by atoms with Gasteiger partial charge in [0.15, 0.2) is 0 Å². The molecule has 2 aliphatic heterocycles. The van der Waals surface area contributed by atoms with Crippen molar-refractivity contribution in [2.45, 2.75) is 31.8 Å². The van der Waals surface area contributed by atoms with E-state index in [1.165, 1.54) is 14.2 Å². The van der Waals surface area contributed by atoms with Crippen molar-refractivity contribution in [3.63, 3.8) is 0 Å². The first-order chi connectivity index (χ1) is 21.8. The highest BCUT2D eigenvalue weighted by Crippen LogP contribution is 2.35. The molecular formula is C33H34N4O8. The molecule has 1 aromatic heterocycles. The lowest BCUT2D eigenvalue weighted by molar-refractivity contribution is -0.143. The van der Waals surface area contributed by atoms with Gasteiger partial charge in [0.2, 0.25) is 5.91 Å². The van der Waals surface area contributed by atoms with E-state index in [9.17, 15) is 19.2 Å². The van der Waals surface area contributed by atoms with Gasteiger partial charge >= 0.3 is 12.1 Å². The Balaban J connectivity index is 1.63. The second-order valence-corrected chi connectivity index (χ2v) is 10.3. The van der Waals surface area contributed by atoms with Crippen LogP contribution in [0.2, 0.25) is 0 Å². The molecule has 0 aliphatic carbocycles. The third kappa shape index (κ3) is 7.18. The lowest BCUT2D eigenvalue weighted by atomic mass is 9.98. The predicted molar refractivity (Wildman–Crippen MR) is 168 cm³/mol. The van der Waals surface area contributed by atoms with Crippen molar-refractivity contribution in [3.05, 3.63) is 93.9 Å². The smallest absolute Gasteiger partial charge is 0.411 e. The highest BCUT2D eigenvalue weighted by Gasteiger charge is 2.29. The minimum atomic E-state index is -1.03. The molecule has 0 fully saturated rings. The van der Waals surface area contributed by atoms with Gasteiger partial charge in [-0.25, -0.2) is 4.79 Å². The summed E-state index contributed by atoms with van der Waals surface area (Å²) in [5.41, 5.74) is 2.35. The van der Waals surface area contributed by atoms with E-state index in [4.69, 9.17) is 18.9 Å². The predicted octanol–water partition coefficient (Wildman–Crippen LogP) is 4.61. The molecule has 3 heterocycles. The summed E-state index contributed by atoms with van der Waals surface area (Å²) in [5, 5.41) is 10.1. The summed E-state index contributed by atoms with van der Waals surface area (Å²) in [4.78, 5) is 54.7. The Hall–Kier alpha value is -5.52. The molecule has 4 N–H and O–H groups in total. The van der Waals surface area contributed by atoms with E-state index in [-0.39, 0.29) is 31.6 Å². The number of ether oxygens (including phenoxy) is 4. The summed E-state index contributed by atoms with van der Waals surface area (Å²) in [7, 11) is 2.99. The zero-order valence-electron chi connectivity index (χ0n) is 25.1. The number of hydrogen-bond donors (Lipinski definition) is 4. The molecule has 2 atom stereocenters. The Kier molecular flexibility index (Phi) is 9.51. The van der Waals surface area contributed by atoms with E-state index in [2.05, 4.69) is 20.9 Å². The molecule has 3 aromatic carbocycles. The van der Waals surface area contributed by atoms with Crippen LogP contribution in [0, 0.1) is 0 Å². The second kappa shape index (κ2) is 13.8. The monoisotopic (exact) mass is 614 g/mol. The van der Waals surface area contributed by atoms with Gasteiger partial charge in [0.05, 0.1) is 39.9 Å². The molecule has 4 bridgehead atoms. The molecule has 0 saturated carbocycles. The third-order valence-corrected chi connectivity index (χ3v) is 7.43. The Morgan fingerprint density at radius 1 is 0.978 bits per heavy atom. The number of carbonyl (C=O) groups is 3. The quantitative estimate of drug-likeness (QED) is 0.218. The van der Waals surface area contributed by atoms with Crippen LogP contribution in [0.4, 0.5) is 16.2 Å². The van der Waals surface area contributed by atoms with Crippen LogP contribution in [0.15, 0.2) is 71.7 Å². The number of nitrogens with one attached hydrogen (secondary N) is 4. The average Bonchev–Trinajstić information content (AvgIpc) is 3.03. The lowest BCUT2D eigenvalue weighted by Gasteiger charge is -2.26. The van der Waals surface area contributed by atoms with Crippen LogP contribution in [0.1, 0.15) is 42.1 Å². The zero-order chi connectivity index (χ0) is 31.9. The van der Waals surface area contributed by atoms with E-state index in [1.54, 1.807) is 73.8 Å². The van der Waals surface area contributed by atoms with Crippen LogP contribution in [-0.4, -0.2) is 50.4 Å². The number of esters is 1. The fourth-order valence-corrected chi connectivity index (χ4v) is 5.28. The largest absolute Gasteiger partial charge is 0.496 e. The molecule has 2 amide bonds. The van der Waals surface area contributed by atoms with Gasteiger partial charge in [-0.15, -0.1) is 0 Å². The fraction of sp³-hybridized carbons (Fsp3) is 0.273. The Labute approximate surface area is 259 Å². The van der Waals surface area contributed by atoms with Gasteiger partial charge in [0, 0.05) is 34.9 Å². The van der Waals surface area contributed by atoms with Gasteiger partial charge in [-0.2, -0.15) is 0 Å². The molecule has 12 nitrogen and oxygen atoms in total. The van der Waals surface area contributed by atoms with Crippen molar-refractivity contribution in [3.8, 4) is 11.5 Å². The standard InChI is InChI=1S/C33H34N4O8/c1-4-44-29(38)18-26-20-6-5-7-22(14-20)36-33(41)45-13-11-24-27(42-2)15-21(16-28(24)43-3)30(32(40)37-26)35-23-9-8-19-10-12-34-31(39)25(19)17-23/h5-10,12,14-17,26,30,35H,4,11,13,18H2,1-3H3,(H,34,39)(H,36,41)(H,37,40)/t26?,30-/m1/s1. The van der Waals surface area contributed by atoms with Gasteiger partial charge in [0.25, 0.3) is 5.56 Å². The first kappa shape index (κ1) is 30.9. The van der Waals surface area contributed by atoms with Crippen LogP contribution < -0.4 is 31.0 Å². The van der Waals surface area contributed by atoms with Gasteiger partial charge in [-0.1, -0.05) is 18.2 Å². The van der Waals surface area contributed by atoms with Crippen LogP contribution in [-0.2, 0) is 25.5 Å². The highest BCUT2D eigenvalue weighted by atomic mass is 16.5. The number of hydrogen-bond acceptors (Lipinski definition) is 9. The van der Waals surface area contributed by atoms with Crippen molar-refractivity contribution < 1.29 is 33.3 Å². The number of aromatic amines is 1. The number of aromatic nitrogens is 1. The Bertz CT molecular complexity index is 1760. The summed E-state index contributed by atoms with van der Waals surface area (Å²) in [6.07, 6.45) is 1.01. The van der Waals surface area contributed by atoms with Gasteiger partial charge in [0.1, 0.15) is 17.5 Å². The minimum absolute atomic E-state index is 0.0247. The van der Waals surface area contributed by atoms with E-state index >= 15 is 0 Å². The maximum atomic E-state index is 14.3. The number of amides is 2. The molecule has 2 aliphatic rings. The minimum Gasteiger partial charge on any atom is -0.496 e. The molecule has 6 rings (SSSR count). The second-order valence-electron chi connectivity index (χ2n) is 10.3. The highest BCUT2D eigenvalue weighted by molar-refractivity contribution is 5.90. The number of fused-ring (bicyclic) bond motifs is 10. The summed E-state index contributed by atoms with van der Waals surface area (Å²) < 4.78 is 22.0. The molecular weight excluding hydrogens is 580 g/mol. The van der Waals surface area contributed by atoms with Gasteiger partial charge < -0.3 is 34.6 Å². The number of carbonyl (C=O) groups excluding carboxylic acids is 3. The molecule has 45 heavy (non-hydrogen) atoms. The van der Waals surface area contributed by atoms with Crippen LogP contribution in [0.5, 0.6) is 11.5 Å². The molecule has 0 radical (unpaired) electrons. The fourth-order valence-electron chi connectivity index (χ4n) is 5.28. The van der Waals surface area contributed by atoms with Crippen LogP contribution in [0.3, 0.4) is 0 Å². The molecule has 1 unspecified atom stereocenters. The summed E-state index contributed by atoms with van der Waals surface area (Å²) in [5.74, 6) is -0.152. The summed E-state index contributed by atoms with van der Waals surface area (Å²) >= 11 is 0. The Morgan fingerprint density at radius 3 is 2.49 bits per heavy atom. The van der Waals surface area contributed by atoms with E-state index in [1.807, 2.05) is 0 Å². The molecule has 12 heteroatoms. The third-order valence-electron chi connectivity index (χ3n) is 7.43. The van der Waals surface area contributed by atoms with Crippen LogP contribution in [0.25, 0.3) is 10.8 Å². The summed E-state index contributed by atoms with van der Waals surface area (Å²) in [6, 6.07) is 15.3. The maximum Gasteiger partial charge on any atom is 0.411 e. The summed E-state index contributed by atoms with van der Waals surface area (Å²) in [6.45, 7) is 1.89. The topological polar surface area (TPSA) is 157 Å². The van der Waals surface area contributed by atoms with E-state index in [0.717, 1.165) is 5.39 Å². The van der Waals surface area contributed by atoms with Gasteiger partial charge in [-0.05, 0) is 65.9 Å². The molecule has 0 saturated heterocycles. The van der Waals surface area contributed by atoms with Crippen molar-refractivity contribution >= 4 is 40.1 Å². The number of benzene rings is 3. The van der Waals surface area contributed by atoms with Gasteiger partial charge in [-0.3, -0.25) is 19.7 Å². The number of rotatable bonds is 7. The number of pyridine rings is 1. The number of methoxy groups -OCH3 is 2. The lowest BCUT2D eigenvalue weighted by Crippen LogP contribution is -2.37. The molecule has 0 spiro atoms. The molecule has 234 valence electrons. The zero-order valence-corrected chi connectivity index (χ0v) is 25.1. The first-order valence-electron chi connectivity index (χ1n) is 14.4. The molecule has 4 aromatic rings. The Morgan fingerprint density at radius 2 is 1.76 bits per heavy atom. The maximum absolute atomic E-state index is 14.3. The van der Waals surface area contributed by atoms with E-state index in [0.29, 0.717) is 45.0 Å². The van der Waals surface area contributed by atoms with Crippen molar-refractivity contribution in [2.24, 2.45) is 0 Å². The van der Waals surface area contributed by atoms with Crippen molar-refractivity contribution in [1.82, 2.24) is 10.3 Å². The normalized spacial score (nSPS) is 16.7. The SMILES string of the molecule is CCOC(=O)CC1NC(=O)[C@H](Nc2ccc3cc[nH]c(=O)c3c2)c2cc(OC)c(c(OC)c2)CCOC(=O)Nc2cccc1c2. The number of anilines is 2. The van der Waals surface area contributed by atoms with Crippen molar-refractivity contribution in [1.29, 1.82) is 0 Å². The number of H-pyrrole nitrogens is 1. The average molecular weight is 615 g/mol.